The van der Waals surface area contributed by atoms with Crippen LogP contribution in [0, 0.1) is 5.92 Å². The highest BCUT2D eigenvalue weighted by Gasteiger charge is 2.54. The zero-order valence-electron chi connectivity index (χ0n) is 12.7. The quantitative estimate of drug-likeness (QED) is 0.944. The highest BCUT2D eigenvalue weighted by atomic mass is 16.5. The van der Waals surface area contributed by atoms with Crippen LogP contribution in [0.2, 0.25) is 0 Å². The second-order valence-electron chi connectivity index (χ2n) is 6.29. The highest BCUT2D eigenvalue weighted by Crippen LogP contribution is 2.40. The summed E-state index contributed by atoms with van der Waals surface area (Å²) in [6.45, 7) is 2.79. The lowest BCUT2D eigenvalue weighted by Gasteiger charge is -2.49. The van der Waals surface area contributed by atoms with Crippen LogP contribution in [0.3, 0.4) is 0 Å². The fourth-order valence-corrected chi connectivity index (χ4v) is 3.67. The molecule has 1 atom stereocenters. The molecular weight excluding hydrogens is 280 g/mol. The van der Waals surface area contributed by atoms with Crippen molar-refractivity contribution in [2.45, 2.75) is 12.0 Å². The molecule has 4 rings (SSSR count). The molecule has 0 unspecified atom stereocenters. The molecule has 2 aromatic rings. The van der Waals surface area contributed by atoms with Gasteiger partial charge in [0.15, 0.2) is 0 Å². The summed E-state index contributed by atoms with van der Waals surface area (Å²) in [7, 11) is 1.72. The number of rotatable bonds is 3. The van der Waals surface area contributed by atoms with Crippen molar-refractivity contribution in [2.24, 2.45) is 5.92 Å². The van der Waals surface area contributed by atoms with Gasteiger partial charge in [-0.3, -0.25) is 4.79 Å². The smallest absolute Gasteiger partial charge is 0.270 e. The van der Waals surface area contributed by atoms with Gasteiger partial charge in [-0.25, -0.2) is 0 Å². The van der Waals surface area contributed by atoms with Crippen molar-refractivity contribution in [3.63, 3.8) is 0 Å². The maximum Gasteiger partial charge on any atom is 0.270 e. The number of H-pyrrole nitrogens is 1. The standard InChI is InChI=1S/C17H20N2O3/c1-21-9-13-6-7-22-17(13)10-19(11-17)16(20)15-8-12-4-2-3-5-14(12)18-15/h2-5,8,13,18H,6-7,9-11H2,1H3/t13-/m1/s1. The van der Waals surface area contributed by atoms with Crippen LogP contribution in [0.25, 0.3) is 10.9 Å². The van der Waals surface area contributed by atoms with E-state index in [1.165, 1.54) is 0 Å². The van der Waals surface area contributed by atoms with Gasteiger partial charge >= 0.3 is 0 Å². The van der Waals surface area contributed by atoms with Crippen LogP contribution in [0.1, 0.15) is 16.9 Å². The van der Waals surface area contributed by atoms with Crippen LogP contribution >= 0.6 is 0 Å². The Bertz CT molecular complexity index is 670. The molecule has 1 N–H and O–H groups in total. The van der Waals surface area contributed by atoms with E-state index in [9.17, 15) is 4.79 Å². The van der Waals surface area contributed by atoms with E-state index < -0.39 is 0 Å². The first-order chi connectivity index (χ1) is 10.7. The Labute approximate surface area is 129 Å². The number of fused-ring (bicyclic) bond motifs is 1. The minimum absolute atomic E-state index is 0.0495. The van der Waals surface area contributed by atoms with Gasteiger partial charge < -0.3 is 19.4 Å². The molecule has 5 heteroatoms. The van der Waals surface area contributed by atoms with E-state index in [0.29, 0.717) is 31.3 Å². The van der Waals surface area contributed by atoms with Crippen molar-refractivity contribution in [3.05, 3.63) is 36.0 Å². The summed E-state index contributed by atoms with van der Waals surface area (Å²) in [4.78, 5) is 17.7. The lowest BCUT2D eigenvalue weighted by Crippen LogP contribution is -2.66. The molecule has 2 aliphatic rings. The Kier molecular flexibility index (Phi) is 3.20. The predicted octanol–water partition coefficient (Wildman–Crippen LogP) is 2.05. The molecular formula is C17H20N2O3. The van der Waals surface area contributed by atoms with Gasteiger partial charge in [-0.05, 0) is 18.6 Å². The number of likely N-dealkylation sites (tertiary alicyclic amines) is 1. The minimum atomic E-state index is -0.183. The third kappa shape index (κ3) is 2.04. The van der Waals surface area contributed by atoms with Crippen LogP contribution in [0.5, 0.6) is 0 Å². The van der Waals surface area contributed by atoms with Crippen LogP contribution in [-0.4, -0.2) is 54.8 Å². The Hall–Kier alpha value is -1.85. The first-order valence-electron chi connectivity index (χ1n) is 7.72. The summed E-state index contributed by atoms with van der Waals surface area (Å²) in [5, 5.41) is 1.07. The Balaban J connectivity index is 1.49. The lowest BCUT2D eigenvalue weighted by atomic mass is 9.81. The lowest BCUT2D eigenvalue weighted by molar-refractivity contribution is -0.126. The molecule has 22 heavy (non-hydrogen) atoms. The van der Waals surface area contributed by atoms with E-state index in [4.69, 9.17) is 9.47 Å². The molecule has 116 valence electrons. The third-order valence-electron chi connectivity index (χ3n) is 4.93. The average Bonchev–Trinajstić information content (AvgIpc) is 3.09. The molecule has 0 aliphatic carbocycles. The number of para-hydroxylation sites is 1. The highest BCUT2D eigenvalue weighted by molar-refractivity contribution is 5.98. The van der Waals surface area contributed by atoms with Crippen molar-refractivity contribution in [2.75, 3.05) is 33.4 Å². The molecule has 5 nitrogen and oxygen atoms in total. The molecule has 1 amide bonds. The number of amides is 1. The fourth-order valence-electron chi connectivity index (χ4n) is 3.67. The van der Waals surface area contributed by atoms with Crippen molar-refractivity contribution in [1.82, 2.24) is 9.88 Å². The van der Waals surface area contributed by atoms with Gasteiger partial charge in [-0.1, -0.05) is 18.2 Å². The Morgan fingerprint density at radius 2 is 2.27 bits per heavy atom. The number of nitrogens with one attached hydrogen (secondary N) is 1. The summed E-state index contributed by atoms with van der Waals surface area (Å²) in [6, 6.07) is 9.86. The van der Waals surface area contributed by atoms with Gasteiger partial charge in [0.05, 0.1) is 19.7 Å². The fraction of sp³-hybridized carbons (Fsp3) is 0.471. The number of benzene rings is 1. The Morgan fingerprint density at radius 3 is 3.05 bits per heavy atom. The number of carbonyl (C=O) groups is 1. The number of ether oxygens (including phenoxy) is 2. The maximum absolute atomic E-state index is 12.6. The number of nitrogens with zero attached hydrogens (tertiary/aromatic N) is 1. The summed E-state index contributed by atoms with van der Waals surface area (Å²) < 4.78 is 11.2. The van der Waals surface area contributed by atoms with E-state index >= 15 is 0 Å². The van der Waals surface area contributed by atoms with Crippen LogP contribution in [0.4, 0.5) is 0 Å². The van der Waals surface area contributed by atoms with Crippen LogP contribution in [0.15, 0.2) is 30.3 Å². The maximum atomic E-state index is 12.6. The van der Waals surface area contributed by atoms with Crippen LogP contribution < -0.4 is 0 Å². The van der Waals surface area contributed by atoms with Gasteiger partial charge in [0, 0.05) is 30.5 Å². The summed E-state index contributed by atoms with van der Waals surface area (Å²) >= 11 is 0. The van der Waals surface area contributed by atoms with Gasteiger partial charge in [0.2, 0.25) is 0 Å². The van der Waals surface area contributed by atoms with Crippen molar-refractivity contribution in [3.8, 4) is 0 Å². The van der Waals surface area contributed by atoms with Crippen molar-refractivity contribution in [1.29, 1.82) is 0 Å². The van der Waals surface area contributed by atoms with E-state index in [0.717, 1.165) is 23.9 Å². The largest absolute Gasteiger partial charge is 0.384 e. The second-order valence-corrected chi connectivity index (χ2v) is 6.29. The first-order valence-corrected chi connectivity index (χ1v) is 7.72. The molecule has 1 spiro atoms. The zero-order valence-corrected chi connectivity index (χ0v) is 12.7. The van der Waals surface area contributed by atoms with E-state index in [2.05, 4.69) is 4.98 Å². The molecule has 1 aromatic carbocycles. The summed E-state index contributed by atoms with van der Waals surface area (Å²) in [5.41, 5.74) is 1.46. The topological polar surface area (TPSA) is 54.6 Å². The molecule has 0 radical (unpaired) electrons. The molecule has 0 saturated carbocycles. The SMILES string of the molecule is COC[C@H]1CCOC12CN(C(=O)c1cc3ccccc3[nH]1)C2. The first kappa shape index (κ1) is 13.8. The number of hydrogen-bond acceptors (Lipinski definition) is 3. The molecule has 2 saturated heterocycles. The number of carbonyl (C=O) groups excluding carboxylic acids is 1. The Morgan fingerprint density at radius 1 is 1.45 bits per heavy atom. The van der Waals surface area contributed by atoms with Gasteiger partial charge in [0.1, 0.15) is 11.3 Å². The van der Waals surface area contributed by atoms with Crippen LogP contribution in [-0.2, 0) is 9.47 Å². The summed E-state index contributed by atoms with van der Waals surface area (Å²) in [5.74, 6) is 0.442. The van der Waals surface area contributed by atoms with Gasteiger partial charge in [0.25, 0.3) is 5.91 Å². The molecule has 2 fully saturated rings. The van der Waals surface area contributed by atoms with Crippen molar-refractivity contribution >= 4 is 16.8 Å². The second kappa shape index (κ2) is 5.11. The number of methoxy groups -OCH3 is 1. The monoisotopic (exact) mass is 300 g/mol. The zero-order chi connectivity index (χ0) is 15.2. The molecule has 0 bridgehead atoms. The number of aromatic nitrogens is 1. The van der Waals surface area contributed by atoms with E-state index in [-0.39, 0.29) is 11.5 Å². The van der Waals surface area contributed by atoms with Gasteiger partial charge in [-0.2, -0.15) is 0 Å². The summed E-state index contributed by atoms with van der Waals surface area (Å²) in [6.07, 6.45) is 1.02. The predicted molar refractivity (Wildman–Crippen MR) is 82.9 cm³/mol. The number of aromatic amines is 1. The molecule has 1 aromatic heterocycles. The van der Waals surface area contributed by atoms with Gasteiger partial charge in [-0.15, -0.1) is 0 Å². The third-order valence-corrected chi connectivity index (χ3v) is 4.93. The average molecular weight is 300 g/mol. The number of hydrogen-bond donors (Lipinski definition) is 1. The normalized spacial score (nSPS) is 23.1. The minimum Gasteiger partial charge on any atom is -0.384 e. The van der Waals surface area contributed by atoms with E-state index in [1.807, 2.05) is 35.2 Å². The molecule has 3 heterocycles. The van der Waals surface area contributed by atoms with E-state index in [1.54, 1.807) is 7.11 Å². The molecule has 2 aliphatic heterocycles. The van der Waals surface area contributed by atoms with Crippen molar-refractivity contribution < 1.29 is 14.3 Å².